The molecule has 3 N–H and O–H groups in total. The van der Waals surface area contributed by atoms with Gasteiger partial charge in [-0.3, -0.25) is 4.79 Å². The van der Waals surface area contributed by atoms with Gasteiger partial charge in [0.1, 0.15) is 0 Å². The van der Waals surface area contributed by atoms with E-state index in [0.717, 1.165) is 24.8 Å². The maximum Gasteiger partial charge on any atom is 0.251 e. The van der Waals surface area contributed by atoms with E-state index in [1.807, 2.05) is 24.3 Å². The molecule has 3 rings (SSSR count). The third-order valence-corrected chi connectivity index (χ3v) is 4.81. The predicted octanol–water partition coefficient (Wildman–Crippen LogP) is 3.01. The Morgan fingerprint density at radius 3 is 2.85 bits per heavy atom. The highest BCUT2D eigenvalue weighted by Crippen LogP contribution is 2.33. The number of rotatable bonds is 3. The number of hydrogen-bond donors (Lipinski definition) is 2. The fourth-order valence-electron chi connectivity index (χ4n) is 2.67. The molecule has 0 spiro atoms. The van der Waals surface area contributed by atoms with E-state index in [2.05, 4.69) is 16.8 Å². The molecule has 1 aromatic heterocycles. The number of carbonyl (C=O) groups excluding carboxylic acids is 1. The third kappa shape index (κ3) is 2.62. The van der Waals surface area contributed by atoms with Crippen molar-refractivity contribution in [1.82, 2.24) is 5.32 Å². The van der Waals surface area contributed by atoms with Crippen LogP contribution < -0.4 is 11.1 Å². The van der Waals surface area contributed by atoms with Crippen molar-refractivity contribution >= 4 is 17.2 Å². The zero-order valence-corrected chi connectivity index (χ0v) is 12.1. The molecule has 3 nitrogen and oxygen atoms in total. The molecular weight excluding hydrogens is 268 g/mol. The Morgan fingerprint density at radius 1 is 1.30 bits per heavy atom. The Bertz CT molecular complexity index is 603. The lowest BCUT2D eigenvalue weighted by Crippen LogP contribution is -2.30. The molecule has 4 heteroatoms. The van der Waals surface area contributed by atoms with Crippen LogP contribution in [0.5, 0.6) is 0 Å². The minimum Gasteiger partial charge on any atom is -0.345 e. The lowest BCUT2D eigenvalue weighted by molar-refractivity contribution is 0.0933. The van der Waals surface area contributed by atoms with Crippen molar-refractivity contribution in [3.63, 3.8) is 0 Å². The van der Waals surface area contributed by atoms with E-state index < -0.39 is 0 Å². The number of hydrogen-bond acceptors (Lipinski definition) is 3. The first-order chi connectivity index (χ1) is 9.78. The van der Waals surface area contributed by atoms with Crippen LogP contribution in [0.3, 0.4) is 0 Å². The van der Waals surface area contributed by atoms with Gasteiger partial charge >= 0.3 is 0 Å². The van der Waals surface area contributed by atoms with Gasteiger partial charge < -0.3 is 11.1 Å². The van der Waals surface area contributed by atoms with Crippen LogP contribution in [-0.2, 0) is 13.0 Å². The molecule has 1 aliphatic carbocycles. The van der Waals surface area contributed by atoms with E-state index in [4.69, 9.17) is 5.73 Å². The van der Waals surface area contributed by atoms with Crippen molar-refractivity contribution in [3.8, 4) is 0 Å². The number of nitrogens with one attached hydrogen (secondary N) is 1. The molecule has 0 radical (unpaired) electrons. The number of thiophene rings is 1. The largest absolute Gasteiger partial charge is 0.345 e. The summed E-state index contributed by atoms with van der Waals surface area (Å²) in [6, 6.07) is 9.80. The average Bonchev–Trinajstić information content (AvgIpc) is 2.97. The van der Waals surface area contributed by atoms with Gasteiger partial charge in [0.05, 0.1) is 6.04 Å². The summed E-state index contributed by atoms with van der Waals surface area (Å²) < 4.78 is 0. The van der Waals surface area contributed by atoms with Gasteiger partial charge in [-0.05, 0) is 54.0 Å². The minimum absolute atomic E-state index is 0.00220. The van der Waals surface area contributed by atoms with Crippen molar-refractivity contribution in [2.75, 3.05) is 0 Å². The van der Waals surface area contributed by atoms with Crippen LogP contribution in [0, 0.1) is 0 Å². The highest BCUT2D eigenvalue weighted by Gasteiger charge is 2.22. The molecule has 1 aliphatic rings. The van der Waals surface area contributed by atoms with Crippen LogP contribution in [-0.4, -0.2) is 5.91 Å². The van der Waals surface area contributed by atoms with Gasteiger partial charge in [0.15, 0.2) is 0 Å². The summed E-state index contributed by atoms with van der Waals surface area (Å²) in [7, 11) is 0. The molecule has 0 saturated carbocycles. The van der Waals surface area contributed by atoms with Crippen molar-refractivity contribution in [3.05, 3.63) is 57.3 Å². The van der Waals surface area contributed by atoms with Gasteiger partial charge in [-0.2, -0.15) is 0 Å². The number of fused-ring (bicyclic) bond motifs is 1. The van der Waals surface area contributed by atoms with Crippen LogP contribution in [0.2, 0.25) is 0 Å². The minimum atomic E-state index is -0.00220. The summed E-state index contributed by atoms with van der Waals surface area (Å²) in [6.07, 6.45) is 3.31. The second-order valence-electron chi connectivity index (χ2n) is 5.12. The molecule has 0 aliphatic heterocycles. The first-order valence-electron chi connectivity index (χ1n) is 6.94. The van der Waals surface area contributed by atoms with Gasteiger partial charge in [-0.1, -0.05) is 12.1 Å². The molecule has 0 fully saturated rings. The predicted molar refractivity (Wildman–Crippen MR) is 81.8 cm³/mol. The number of benzene rings is 1. The SMILES string of the molecule is NCc1ccc(C(=O)NC2CCCc3sccc32)cc1. The normalized spacial score (nSPS) is 17.6. The highest BCUT2D eigenvalue weighted by molar-refractivity contribution is 7.10. The van der Waals surface area contributed by atoms with Crippen molar-refractivity contribution in [2.24, 2.45) is 5.73 Å². The van der Waals surface area contributed by atoms with Crippen LogP contribution in [0.25, 0.3) is 0 Å². The zero-order valence-electron chi connectivity index (χ0n) is 11.3. The molecule has 1 unspecified atom stereocenters. The van der Waals surface area contributed by atoms with Gasteiger partial charge in [-0.25, -0.2) is 0 Å². The van der Waals surface area contributed by atoms with Crippen LogP contribution in [0.1, 0.15) is 45.2 Å². The molecule has 1 aromatic carbocycles. The van der Waals surface area contributed by atoms with Gasteiger partial charge in [0.25, 0.3) is 5.91 Å². The highest BCUT2D eigenvalue weighted by atomic mass is 32.1. The van der Waals surface area contributed by atoms with E-state index in [0.29, 0.717) is 12.1 Å². The quantitative estimate of drug-likeness (QED) is 0.911. The summed E-state index contributed by atoms with van der Waals surface area (Å²) >= 11 is 1.79. The van der Waals surface area contributed by atoms with Crippen LogP contribution in [0.4, 0.5) is 0 Å². The molecule has 1 amide bonds. The Balaban J connectivity index is 1.73. The van der Waals surface area contributed by atoms with E-state index in [1.165, 1.54) is 10.4 Å². The average molecular weight is 286 g/mol. The van der Waals surface area contributed by atoms with E-state index in [9.17, 15) is 4.79 Å². The summed E-state index contributed by atoms with van der Waals surface area (Å²) in [5, 5.41) is 5.27. The molecule has 20 heavy (non-hydrogen) atoms. The van der Waals surface area contributed by atoms with Crippen LogP contribution >= 0.6 is 11.3 Å². The fourth-order valence-corrected chi connectivity index (χ4v) is 3.66. The first kappa shape index (κ1) is 13.3. The third-order valence-electron chi connectivity index (χ3n) is 3.81. The lowest BCUT2D eigenvalue weighted by Gasteiger charge is -2.23. The first-order valence-corrected chi connectivity index (χ1v) is 7.82. The second kappa shape index (κ2) is 5.77. The maximum absolute atomic E-state index is 12.3. The lowest BCUT2D eigenvalue weighted by atomic mass is 9.94. The van der Waals surface area contributed by atoms with Crippen molar-refractivity contribution in [1.29, 1.82) is 0 Å². The Kier molecular flexibility index (Phi) is 3.85. The van der Waals surface area contributed by atoms with Crippen molar-refractivity contribution in [2.45, 2.75) is 31.8 Å². The molecule has 104 valence electrons. The smallest absolute Gasteiger partial charge is 0.251 e. The molecule has 0 bridgehead atoms. The number of carbonyl (C=O) groups is 1. The maximum atomic E-state index is 12.3. The van der Waals surface area contributed by atoms with Gasteiger partial charge in [0.2, 0.25) is 0 Å². The van der Waals surface area contributed by atoms with Gasteiger partial charge in [0, 0.05) is 17.0 Å². The molecule has 0 saturated heterocycles. The Hall–Kier alpha value is -1.65. The monoisotopic (exact) mass is 286 g/mol. The summed E-state index contributed by atoms with van der Waals surface area (Å²) in [4.78, 5) is 13.7. The van der Waals surface area contributed by atoms with E-state index >= 15 is 0 Å². The standard InChI is InChI=1S/C16H18N2OS/c17-10-11-4-6-12(7-5-11)16(19)18-14-2-1-3-15-13(14)8-9-20-15/h4-9,14H,1-3,10,17H2,(H,18,19). The molecule has 1 heterocycles. The Morgan fingerprint density at radius 2 is 2.10 bits per heavy atom. The topological polar surface area (TPSA) is 55.1 Å². The number of aryl methyl sites for hydroxylation is 1. The van der Waals surface area contributed by atoms with Gasteiger partial charge in [-0.15, -0.1) is 11.3 Å². The van der Waals surface area contributed by atoms with E-state index in [-0.39, 0.29) is 11.9 Å². The van der Waals surface area contributed by atoms with E-state index in [1.54, 1.807) is 11.3 Å². The fraction of sp³-hybridized carbons (Fsp3) is 0.312. The zero-order chi connectivity index (χ0) is 13.9. The molecule has 1 atom stereocenters. The van der Waals surface area contributed by atoms with Crippen LogP contribution in [0.15, 0.2) is 35.7 Å². The summed E-state index contributed by atoms with van der Waals surface area (Å²) in [6.45, 7) is 0.503. The summed E-state index contributed by atoms with van der Waals surface area (Å²) in [5.74, 6) is -0.00220. The number of amides is 1. The second-order valence-corrected chi connectivity index (χ2v) is 6.12. The molecule has 2 aromatic rings. The summed E-state index contributed by atoms with van der Waals surface area (Å²) in [5.41, 5.74) is 8.61. The Labute approximate surface area is 122 Å². The van der Waals surface area contributed by atoms with Crippen molar-refractivity contribution < 1.29 is 4.79 Å². The molecular formula is C16H18N2OS. The number of nitrogens with two attached hydrogens (primary N) is 1.